The molecule has 0 saturated heterocycles. The molecule has 32 heavy (non-hydrogen) atoms. The van der Waals surface area contributed by atoms with Crippen LogP contribution in [-0.2, 0) is 20.1 Å². The minimum atomic E-state index is -0.370. The van der Waals surface area contributed by atoms with Gasteiger partial charge >= 0.3 is 5.69 Å². The van der Waals surface area contributed by atoms with Gasteiger partial charge in [0.1, 0.15) is 0 Å². The van der Waals surface area contributed by atoms with E-state index in [9.17, 15) is 9.59 Å². The predicted octanol–water partition coefficient (Wildman–Crippen LogP) is 3.91. The van der Waals surface area contributed by atoms with E-state index in [1.54, 1.807) is 7.05 Å². The fourth-order valence-electron chi connectivity index (χ4n) is 4.15. The highest BCUT2D eigenvalue weighted by molar-refractivity contribution is 9.10. The number of hydrogen-bond acceptors (Lipinski definition) is 4. The smallest absolute Gasteiger partial charge is 0.312 e. The average molecular weight is 492 g/mol. The third-order valence-electron chi connectivity index (χ3n) is 5.75. The molecule has 2 aromatic carbocycles. The van der Waals surface area contributed by atoms with Crippen molar-refractivity contribution in [3.63, 3.8) is 0 Å². The molecule has 0 atom stereocenters. The normalized spacial score (nSPS) is 13.8. The summed E-state index contributed by atoms with van der Waals surface area (Å²) in [4.78, 5) is 33.2. The lowest BCUT2D eigenvalue weighted by molar-refractivity contribution is 0.598. The van der Waals surface area contributed by atoms with Crippen molar-refractivity contribution in [2.45, 2.75) is 19.5 Å². The summed E-state index contributed by atoms with van der Waals surface area (Å²) >= 11 is 3.47. The van der Waals surface area contributed by atoms with Gasteiger partial charge in [-0.05, 0) is 36.2 Å². The highest BCUT2D eigenvalue weighted by atomic mass is 79.9. The maximum atomic E-state index is 13.4. The number of anilines is 2. The second-order valence-corrected chi connectivity index (χ2v) is 8.70. The van der Waals surface area contributed by atoms with Crippen molar-refractivity contribution >= 4 is 44.8 Å². The van der Waals surface area contributed by atoms with Crippen molar-refractivity contribution in [3.05, 3.63) is 91.5 Å². The van der Waals surface area contributed by atoms with Crippen molar-refractivity contribution in [2.24, 2.45) is 7.05 Å². The molecule has 0 aliphatic carbocycles. The SMILES string of the molecule is Cn1c(=O)n(C/C=C\c2ccccc2)c(=O)c2c1nc1n2CCCN1c1ccc(Br)cc1. The van der Waals surface area contributed by atoms with Crippen LogP contribution in [0, 0.1) is 0 Å². The molecule has 3 heterocycles. The first kappa shape index (κ1) is 20.5. The van der Waals surface area contributed by atoms with Gasteiger partial charge < -0.3 is 9.47 Å². The Labute approximate surface area is 193 Å². The molecule has 0 radical (unpaired) electrons. The van der Waals surface area contributed by atoms with E-state index < -0.39 is 0 Å². The van der Waals surface area contributed by atoms with Gasteiger partial charge in [-0.15, -0.1) is 0 Å². The van der Waals surface area contributed by atoms with E-state index in [1.807, 2.05) is 71.3 Å². The Morgan fingerprint density at radius 1 is 1.03 bits per heavy atom. The monoisotopic (exact) mass is 491 g/mol. The van der Waals surface area contributed by atoms with Crippen LogP contribution in [0.15, 0.2) is 74.7 Å². The number of rotatable bonds is 4. The molecule has 0 fully saturated rings. The number of halogens is 1. The molecule has 8 heteroatoms. The van der Waals surface area contributed by atoms with Crippen LogP contribution >= 0.6 is 15.9 Å². The molecular weight excluding hydrogens is 470 g/mol. The maximum absolute atomic E-state index is 13.4. The first-order chi connectivity index (χ1) is 15.5. The van der Waals surface area contributed by atoms with Gasteiger partial charge in [0.25, 0.3) is 5.56 Å². The standard InChI is InChI=1S/C24H22BrN5O2/c1-27-21-20(22(31)30(24(27)32)14-5-9-17-7-3-2-4-8-17)29-16-6-15-28(23(29)26-21)19-12-10-18(25)11-13-19/h2-5,7-13H,6,14-16H2,1H3/b9-5-. The van der Waals surface area contributed by atoms with E-state index in [-0.39, 0.29) is 17.8 Å². The molecule has 0 amide bonds. The van der Waals surface area contributed by atoms with Gasteiger partial charge in [-0.1, -0.05) is 58.4 Å². The summed E-state index contributed by atoms with van der Waals surface area (Å²) in [6.07, 6.45) is 4.63. The zero-order valence-corrected chi connectivity index (χ0v) is 19.2. The summed E-state index contributed by atoms with van der Waals surface area (Å²) in [6.45, 7) is 1.69. The quantitative estimate of drug-likeness (QED) is 0.434. The zero-order valence-electron chi connectivity index (χ0n) is 17.6. The lowest BCUT2D eigenvalue weighted by atomic mass is 10.2. The van der Waals surface area contributed by atoms with Crippen molar-refractivity contribution < 1.29 is 0 Å². The first-order valence-corrected chi connectivity index (χ1v) is 11.3. The molecule has 2 aromatic heterocycles. The van der Waals surface area contributed by atoms with Crippen molar-refractivity contribution in [1.29, 1.82) is 0 Å². The molecule has 1 aliphatic heterocycles. The third-order valence-corrected chi connectivity index (χ3v) is 6.28. The Morgan fingerprint density at radius 3 is 2.53 bits per heavy atom. The highest BCUT2D eigenvalue weighted by Crippen LogP contribution is 2.31. The summed E-state index contributed by atoms with van der Waals surface area (Å²) in [6, 6.07) is 17.8. The van der Waals surface area contributed by atoms with Crippen molar-refractivity contribution in [2.75, 3.05) is 11.4 Å². The Hall–Kier alpha value is -3.39. The lowest BCUT2D eigenvalue weighted by Crippen LogP contribution is -2.39. The van der Waals surface area contributed by atoms with Crippen LogP contribution in [-0.4, -0.2) is 25.2 Å². The van der Waals surface area contributed by atoms with E-state index in [1.165, 1.54) is 9.13 Å². The Balaban J connectivity index is 1.60. The first-order valence-electron chi connectivity index (χ1n) is 10.5. The minimum absolute atomic E-state index is 0.202. The van der Waals surface area contributed by atoms with Gasteiger partial charge in [0.05, 0.1) is 0 Å². The fraction of sp³-hybridized carbons (Fsp3) is 0.208. The molecule has 7 nitrogen and oxygen atoms in total. The topological polar surface area (TPSA) is 65.1 Å². The molecule has 1 aliphatic rings. The predicted molar refractivity (Wildman–Crippen MR) is 130 cm³/mol. The molecule has 0 bridgehead atoms. The van der Waals surface area contributed by atoms with Crippen LogP contribution in [0.25, 0.3) is 17.2 Å². The number of fused-ring (bicyclic) bond motifs is 3. The van der Waals surface area contributed by atoms with Gasteiger partial charge in [-0.2, -0.15) is 4.98 Å². The van der Waals surface area contributed by atoms with Gasteiger partial charge in [0.2, 0.25) is 5.95 Å². The zero-order chi connectivity index (χ0) is 22.2. The molecular formula is C24H22BrN5O2. The van der Waals surface area contributed by atoms with Gasteiger partial charge in [-0.25, -0.2) is 4.79 Å². The van der Waals surface area contributed by atoms with Crippen molar-refractivity contribution in [1.82, 2.24) is 18.7 Å². The number of aryl methyl sites for hydroxylation is 2. The van der Waals surface area contributed by atoms with E-state index in [4.69, 9.17) is 4.98 Å². The van der Waals surface area contributed by atoms with Crippen LogP contribution in [0.1, 0.15) is 12.0 Å². The summed E-state index contributed by atoms with van der Waals surface area (Å²) in [7, 11) is 1.67. The number of imidazole rings is 1. The Kier molecular flexibility index (Phi) is 5.30. The van der Waals surface area contributed by atoms with Gasteiger partial charge in [-0.3, -0.25) is 13.9 Å². The second kappa shape index (κ2) is 8.27. The molecule has 162 valence electrons. The third kappa shape index (κ3) is 3.50. The molecule has 0 N–H and O–H groups in total. The largest absolute Gasteiger partial charge is 0.332 e. The summed E-state index contributed by atoms with van der Waals surface area (Å²) in [5, 5.41) is 0. The van der Waals surface area contributed by atoms with Crippen LogP contribution < -0.4 is 16.1 Å². The molecule has 5 rings (SSSR count). The number of benzene rings is 2. The van der Waals surface area contributed by atoms with Gasteiger partial charge in [0.15, 0.2) is 11.2 Å². The molecule has 0 spiro atoms. The number of hydrogen-bond donors (Lipinski definition) is 0. The van der Waals surface area contributed by atoms with E-state index in [0.717, 1.165) is 28.7 Å². The molecule has 0 unspecified atom stereocenters. The fourth-order valence-corrected chi connectivity index (χ4v) is 4.41. The number of aromatic nitrogens is 4. The van der Waals surface area contributed by atoms with E-state index >= 15 is 0 Å². The average Bonchev–Trinajstić information content (AvgIpc) is 3.21. The van der Waals surface area contributed by atoms with E-state index in [2.05, 4.69) is 20.8 Å². The number of allylic oxidation sites excluding steroid dienone is 1. The summed E-state index contributed by atoms with van der Waals surface area (Å²) in [5.74, 6) is 0.693. The van der Waals surface area contributed by atoms with Gasteiger partial charge in [0, 0.05) is 36.8 Å². The Morgan fingerprint density at radius 2 is 1.78 bits per heavy atom. The van der Waals surface area contributed by atoms with E-state index in [0.29, 0.717) is 23.7 Å². The van der Waals surface area contributed by atoms with Crippen LogP contribution in [0.5, 0.6) is 0 Å². The minimum Gasteiger partial charge on any atom is -0.312 e. The summed E-state index contributed by atoms with van der Waals surface area (Å²) in [5.41, 5.74) is 2.23. The Bertz CT molecular complexity index is 1430. The molecule has 4 aromatic rings. The lowest BCUT2D eigenvalue weighted by Gasteiger charge is -2.29. The van der Waals surface area contributed by atoms with Crippen LogP contribution in [0.3, 0.4) is 0 Å². The molecule has 0 saturated carbocycles. The van der Waals surface area contributed by atoms with Crippen LogP contribution in [0.4, 0.5) is 11.6 Å². The second-order valence-electron chi connectivity index (χ2n) is 7.79. The highest BCUT2D eigenvalue weighted by Gasteiger charge is 2.26. The number of nitrogens with zero attached hydrogens (tertiary/aromatic N) is 5. The maximum Gasteiger partial charge on any atom is 0.332 e. The van der Waals surface area contributed by atoms with Crippen molar-refractivity contribution in [3.8, 4) is 0 Å². The van der Waals surface area contributed by atoms with Crippen LogP contribution in [0.2, 0.25) is 0 Å². The summed E-state index contributed by atoms with van der Waals surface area (Å²) < 4.78 is 5.69.